The van der Waals surface area contributed by atoms with Crippen LogP contribution in [0.25, 0.3) is 10.9 Å². The van der Waals surface area contributed by atoms with Crippen molar-refractivity contribution >= 4 is 39.8 Å². The number of anilines is 1. The number of likely N-dealkylation sites (tertiary alicyclic amines) is 1. The van der Waals surface area contributed by atoms with Crippen LogP contribution < -0.4 is 15.4 Å². The number of nitrogens with zero attached hydrogens (tertiary/aromatic N) is 2. The van der Waals surface area contributed by atoms with Crippen LogP contribution in [-0.2, 0) is 4.79 Å². The molecule has 2 aromatic rings. The normalized spacial score (nSPS) is 14.0. The molecule has 1 aromatic heterocycles. The number of aromatic nitrogens is 1. The standard InChI is InChI=1S/C17H20N4O2S/c1-23-14-7-6-13(12-4-2-8-18-16(12)14)20-17(24)19-9-11-21-10-3-5-15(21)22/h2,4,6-8H,3,5,9-11H2,1H3,(H2,19,20,24). The lowest BCUT2D eigenvalue weighted by atomic mass is 10.1. The highest BCUT2D eigenvalue weighted by Crippen LogP contribution is 2.29. The number of fused-ring (bicyclic) bond motifs is 1. The summed E-state index contributed by atoms with van der Waals surface area (Å²) < 4.78 is 5.34. The lowest BCUT2D eigenvalue weighted by Gasteiger charge is -2.17. The van der Waals surface area contributed by atoms with Crippen LogP contribution in [0.3, 0.4) is 0 Å². The predicted octanol–water partition coefficient (Wildman–Crippen LogP) is 2.15. The number of benzene rings is 1. The molecule has 1 amide bonds. The van der Waals surface area contributed by atoms with Crippen molar-refractivity contribution < 1.29 is 9.53 Å². The molecule has 24 heavy (non-hydrogen) atoms. The third-order valence-corrected chi connectivity index (χ3v) is 4.29. The zero-order valence-corrected chi connectivity index (χ0v) is 14.4. The lowest BCUT2D eigenvalue weighted by Crippen LogP contribution is -2.37. The molecule has 126 valence electrons. The average Bonchev–Trinajstić information content (AvgIpc) is 3.00. The third-order valence-electron chi connectivity index (χ3n) is 4.04. The SMILES string of the molecule is COc1ccc(NC(=S)NCCN2CCCC2=O)c2cccnc12. The van der Waals surface area contributed by atoms with Gasteiger partial charge in [0.1, 0.15) is 11.3 Å². The maximum absolute atomic E-state index is 11.6. The van der Waals surface area contributed by atoms with E-state index in [0.717, 1.165) is 35.3 Å². The number of hydrogen-bond acceptors (Lipinski definition) is 4. The van der Waals surface area contributed by atoms with Gasteiger partial charge < -0.3 is 20.3 Å². The summed E-state index contributed by atoms with van der Waals surface area (Å²) in [4.78, 5) is 17.8. The number of nitrogens with one attached hydrogen (secondary N) is 2. The second kappa shape index (κ2) is 7.44. The van der Waals surface area contributed by atoms with Gasteiger partial charge >= 0.3 is 0 Å². The molecule has 0 saturated carbocycles. The summed E-state index contributed by atoms with van der Waals surface area (Å²) in [7, 11) is 1.63. The maximum Gasteiger partial charge on any atom is 0.222 e. The molecule has 1 aliphatic rings. The zero-order valence-electron chi connectivity index (χ0n) is 13.5. The number of amides is 1. The average molecular weight is 344 g/mol. The molecule has 6 nitrogen and oxygen atoms in total. The molecule has 0 spiro atoms. The molecule has 1 aromatic carbocycles. The molecule has 0 aliphatic carbocycles. The number of carbonyl (C=O) groups is 1. The Balaban J connectivity index is 1.62. The highest BCUT2D eigenvalue weighted by Gasteiger charge is 2.19. The number of thiocarbonyl (C=S) groups is 1. The van der Waals surface area contributed by atoms with Crippen molar-refractivity contribution in [3.05, 3.63) is 30.5 Å². The summed E-state index contributed by atoms with van der Waals surface area (Å²) in [5, 5.41) is 7.81. The zero-order chi connectivity index (χ0) is 16.9. The van der Waals surface area contributed by atoms with E-state index in [2.05, 4.69) is 15.6 Å². The molecular formula is C17H20N4O2S. The molecule has 2 heterocycles. The smallest absolute Gasteiger partial charge is 0.222 e. The first kappa shape index (κ1) is 16.4. The summed E-state index contributed by atoms with van der Waals surface area (Å²) in [6, 6.07) is 7.63. The van der Waals surface area contributed by atoms with Gasteiger partial charge in [0.05, 0.1) is 7.11 Å². The van der Waals surface area contributed by atoms with Gasteiger partial charge in [0.25, 0.3) is 0 Å². The highest BCUT2D eigenvalue weighted by molar-refractivity contribution is 7.80. The first-order valence-electron chi connectivity index (χ1n) is 7.93. The van der Waals surface area contributed by atoms with E-state index >= 15 is 0 Å². The summed E-state index contributed by atoms with van der Waals surface area (Å²) in [6.45, 7) is 2.14. The summed E-state index contributed by atoms with van der Waals surface area (Å²) in [6.07, 6.45) is 3.35. The van der Waals surface area contributed by atoms with Gasteiger partial charge in [0.15, 0.2) is 5.11 Å². The molecule has 1 saturated heterocycles. The molecular weight excluding hydrogens is 324 g/mol. The van der Waals surface area contributed by atoms with Crippen LogP contribution in [0.2, 0.25) is 0 Å². The van der Waals surface area contributed by atoms with Gasteiger partial charge in [-0.2, -0.15) is 0 Å². The number of ether oxygens (including phenoxy) is 1. The molecule has 2 N–H and O–H groups in total. The van der Waals surface area contributed by atoms with Crippen LogP contribution in [0.4, 0.5) is 5.69 Å². The van der Waals surface area contributed by atoms with E-state index in [9.17, 15) is 4.79 Å². The molecule has 0 unspecified atom stereocenters. The highest BCUT2D eigenvalue weighted by atomic mass is 32.1. The lowest BCUT2D eigenvalue weighted by molar-refractivity contribution is -0.127. The molecule has 3 rings (SSSR count). The van der Waals surface area contributed by atoms with Crippen LogP contribution in [0.5, 0.6) is 5.75 Å². The van der Waals surface area contributed by atoms with E-state index in [0.29, 0.717) is 24.6 Å². The number of pyridine rings is 1. The van der Waals surface area contributed by atoms with Gasteiger partial charge in [-0.15, -0.1) is 0 Å². The predicted molar refractivity (Wildman–Crippen MR) is 98.3 cm³/mol. The van der Waals surface area contributed by atoms with E-state index in [1.165, 1.54) is 0 Å². The van der Waals surface area contributed by atoms with Crippen LogP contribution in [-0.4, -0.2) is 47.6 Å². The fourth-order valence-electron chi connectivity index (χ4n) is 2.83. The Bertz CT molecular complexity index is 765. The Morgan fingerprint density at radius 1 is 1.42 bits per heavy atom. The van der Waals surface area contributed by atoms with Gasteiger partial charge in [0, 0.05) is 43.3 Å². The number of methoxy groups -OCH3 is 1. The van der Waals surface area contributed by atoms with Gasteiger partial charge in [-0.3, -0.25) is 9.78 Å². The molecule has 0 radical (unpaired) electrons. The van der Waals surface area contributed by atoms with E-state index in [4.69, 9.17) is 17.0 Å². The Morgan fingerprint density at radius 2 is 2.29 bits per heavy atom. The van der Waals surface area contributed by atoms with Crippen LogP contribution in [0, 0.1) is 0 Å². The number of hydrogen-bond donors (Lipinski definition) is 2. The minimum atomic E-state index is 0.225. The monoisotopic (exact) mass is 344 g/mol. The molecule has 0 atom stereocenters. The quantitative estimate of drug-likeness (QED) is 0.810. The van der Waals surface area contributed by atoms with Gasteiger partial charge in [0.2, 0.25) is 5.91 Å². The van der Waals surface area contributed by atoms with Crippen molar-refractivity contribution in [2.24, 2.45) is 0 Å². The fraction of sp³-hybridized carbons (Fsp3) is 0.353. The van der Waals surface area contributed by atoms with Gasteiger partial charge in [-0.25, -0.2) is 0 Å². The Hall–Kier alpha value is -2.41. The van der Waals surface area contributed by atoms with E-state index in [-0.39, 0.29) is 5.91 Å². The minimum Gasteiger partial charge on any atom is -0.494 e. The molecule has 1 fully saturated rings. The van der Waals surface area contributed by atoms with Crippen molar-refractivity contribution in [3.8, 4) is 5.75 Å². The molecule has 1 aliphatic heterocycles. The largest absolute Gasteiger partial charge is 0.494 e. The Morgan fingerprint density at radius 3 is 3.04 bits per heavy atom. The van der Waals surface area contributed by atoms with E-state index < -0.39 is 0 Å². The fourth-order valence-corrected chi connectivity index (χ4v) is 3.04. The Labute approximate surface area is 146 Å². The van der Waals surface area contributed by atoms with Crippen molar-refractivity contribution in [1.82, 2.24) is 15.2 Å². The van der Waals surface area contributed by atoms with Gasteiger partial charge in [-0.05, 0) is 42.9 Å². The van der Waals surface area contributed by atoms with E-state index in [1.807, 2.05) is 29.2 Å². The van der Waals surface area contributed by atoms with Crippen molar-refractivity contribution in [2.75, 3.05) is 32.1 Å². The third kappa shape index (κ3) is 3.56. The van der Waals surface area contributed by atoms with Crippen molar-refractivity contribution in [1.29, 1.82) is 0 Å². The van der Waals surface area contributed by atoms with Crippen molar-refractivity contribution in [3.63, 3.8) is 0 Å². The number of carbonyl (C=O) groups excluding carboxylic acids is 1. The maximum atomic E-state index is 11.6. The van der Waals surface area contributed by atoms with Crippen LogP contribution in [0.15, 0.2) is 30.5 Å². The van der Waals surface area contributed by atoms with Gasteiger partial charge in [-0.1, -0.05) is 0 Å². The van der Waals surface area contributed by atoms with Crippen LogP contribution >= 0.6 is 12.2 Å². The molecule has 7 heteroatoms. The van der Waals surface area contributed by atoms with Crippen LogP contribution in [0.1, 0.15) is 12.8 Å². The minimum absolute atomic E-state index is 0.225. The van der Waals surface area contributed by atoms with Crippen molar-refractivity contribution in [2.45, 2.75) is 12.8 Å². The first-order valence-corrected chi connectivity index (χ1v) is 8.34. The summed E-state index contributed by atoms with van der Waals surface area (Å²) in [5.74, 6) is 0.950. The number of rotatable bonds is 5. The first-order chi connectivity index (χ1) is 11.7. The van der Waals surface area contributed by atoms with E-state index in [1.54, 1.807) is 13.3 Å². The topological polar surface area (TPSA) is 66.5 Å². The molecule has 0 bridgehead atoms. The second-order valence-electron chi connectivity index (χ2n) is 5.58. The summed E-state index contributed by atoms with van der Waals surface area (Å²) >= 11 is 5.35. The Kier molecular flexibility index (Phi) is 5.10. The second-order valence-corrected chi connectivity index (χ2v) is 5.99. The summed E-state index contributed by atoms with van der Waals surface area (Å²) in [5.41, 5.74) is 1.66.